The molecule has 0 aliphatic carbocycles. The highest BCUT2D eigenvalue weighted by molar-refractivity contribution is 5.70. The second-order valence-electron chi connectivity index (χ2n) is 6.15. The number of hydrogen-bond donors (Lipinski definition) is 0. The molecule has 2 heterocycles. The van der Waals surface area contributed by atoms with Crippen LogP contribution in [0.5, 0.6) is 5.75 Å². The predicted molar refractivity (Wildman–Crippen MR) is 75.7 cm³/mol. The van der Waals surface area contributed by atoms with Gasteiger partial charge in [0.25, 0.3) is 0 Å². The van der Waals surface area contributed by atoms with Crippen LogP contribution in [0.2, 0.25) is 0 Å². The second-order valence-corrected chi connectivity index (χ2v) is 6.15. The molecule has 1 aromatic heterocycles. The third-order valence-corrected chi connectivity index (χ3v) is 3.20. The minimum absolute atomic E-state index is 0.0500. The van der Waals surface area contributed by atoms with E-state index >= 15 is 0 Å². The molecule has 1 aliphatic rings. The van der Waals surface area contributed by atoms with Crippen molar-refractivity contribution in [2.24, 2.45) is 0 Å². The molecule has 22 heavy (non-hydrogen) atoms. The van der Waals surface area contributed by atoms with Gasteiger partial charge in [0.1, 0.15) is 29.2 Å². The summed E-state index contributed by atoms with van der Waals surface area (Å²) in [6.45, 7) is 7.56. The first-order chi connectivity index (χ1) is 10.2. The summed E-state index contributed by atoms with van der Waals surface area (Å²) in [5.41, 5.74) is -0.607. The minimum atomic E-state index is -0.773. The van der Waals surface area contributed by atoms with Crippen LogP contribution in [0.25, 0.3) is 0 Å². The number of likely N-dealkylation sites (tertiary alicyclic amines) is 1. The molecular weight excluding hydrogens is 289 g/mol. The molecule has 1 aromatic rings. The second kappa shape index (κ2) is 5.79. The molecule has 1 fully saturated rings. The van der Waals surface area contributed by atoms with E-state index in [0.717, 1.165) is 6.07 Å². The quantitative estimate of drug-likeness (QED) is 0.785. The monoisotopic (exact) mass is 307 g/mol. The van der Waals surface area contributed by atoms with Crippen LogP contribution in [0.4, 0.5) is 9.18 Å². The van der Waals surface area contributed by atoms with Crippen LogP contribution >= 0.6 is 0 Å². The highest BCUT2D eigenvalue weighted by atomic mass is 19.1. The van der Waals surface area contributed by atoms with Crippen molar-refractivity contribution in [3.63, 3.8) is 0 Å². The van der Waals surface area contributed by atoms with Gasteiger partial charge >= 0.3 is 6.09 Å². The number of aromatic nitrogens is 1. The molecule has 0 unspecified atom stereocenters. The molecule has 1 saturated heterocycles. The van der Waals surface area contributed by atoms with E-state index in [9.17, 15) is 9.18 Å². The Bertz CT molecular complexity index is 621. The Balaban J connectivity index is 1.97. The molecule has 0 saturated carbocycles. The van der Waals surface area contributed by atoms with Crippen molar-refractivity contribution < 1.29 is 18.7 Å². The van der Waals surface area contributed by atoms with E-state index in [1.807, 2.05) is 6.92 Å². The first-order valence-electron chi connectivity index (χ1n) is 6.93. The molecule has 0 N–H and O–H groups in total. The normalized spacial score (nSPS) is 20.8. The summed E-state index contributed by atoms with van der Waals surface area (Å²) >= 11 is 0. The summed E-state index contributed by atoms with van der Waals surface area (Å²) in [6, 6.07) is 4.05. The minimum Gasteiger partial charge on any atom is -0.486 e. The van der Waals surface area contributed by atoms with Gasteiger partial charge in [0.15, 0.2) is 0 Å². The number of hydrogen-bond acceptors (Lipinski definition) is 5. The molecule has 118 valence electrons. The van der Waals surface area contributed by atoms with E-state index in [4.69, 9.17) is 14.7 Å². The topological polar surface area (TPSA) is 75.5 Å². The summed E-state index contributed by atoms with van der Waals surface area (Å²) in [5, 5.41) is 8.76. The van der Waals surface area contributed by atoms with Gasteiger partial charge in [-0.05, 0) is 27.7 Å². The lowest BCUT2D eigenvalue weighted by Crippen LogP contribution is -2.63. The number of pyridine rings is 1. The molecule has 2 atom stereocenters. The van der Waals surface area contributed by atoms with E-state index < -0.39 is 17.6 Å². The lowest BCUT2D eigenvalue weighted by molar-refractivity contribution is -0.0537. The van der Waals surface area contributed by atoms with Gasteiger partial charge < -0.3 is 9.47 Å². The van der Waals surface area contributed by atoms with Crippen LogP contribution in [0.15, 0.2) is 12.1 Å². The Hall–Kier alpha value is -2.36. The van der Waals surface area contributed by atoms with E-state index in [1.54, 1.807) is 31.7 Å². The Morgan fingerprint density at radius 3 is 2.73 bits per heavy atom. The maximum absolute atomic E-state index is 13.2. The van der Waals surface area contributed by atoms with Crippen LogP contribution < -0.4 is 4.74 Å². The Labute approximate surface area is 128 Å². The van der Waals surface area contributed by atoms with Gasteiger partial charge in [-0.1, -0.05) is 0 Å². The zero-order valence-electron chi connectivity index (χ0n) is 13.0. The lowest BCUT2D eigenvalue weighted by atomic mass is 10.0. The van der Waals surface area contributed by atoms with Gasteiger partial charge in [0.2, 0.25) is 5.95 Å². The van der Waals surface area contributed by atoms with Crippen LogP contribution in [0.3, 0.4) is 0 Å². The predicted octanol–water partition coefficient (Wildman–Crippen LogP) is 2.48. The SMILES string of the molecule is C[C@@H]1[C@@H](Oc2cc(F)nc(C#N)c2)CN1C(=O)OC(C)(C)C. The van der Waals surface area contributed by atoms with Crippen molar-refractivity contribution in [3.8, 4) is 11.8 Å². The lowest BCUT2D eigenvalue weighted by Gasteiger charge is -2.45. The Morgan fingerprint density at radius 2 is 2.18 bits per heavy atom. The molecule has 1 aliphatic heterocycles. The summed E-state index contributed by atoms with van der Waals surface area (Å²) in [6.07, 6.45) is -0.681. The van der Waals surface area contributed by atoms with E-state index in [0.29, 0.717) is 6.54 Å². The number of amides is 1. The maximum atomic E-state index is 13.2. The molecule has 1 amide bonds. The molecule has 7 heteroatoms. The van der Waals surface area contributed by atoms with Crippen molar-refractivity contribution >= 4 is 6.09 Å². The van der Waals surface area contributed by atoms with E-state index in [2.05, 4.69) is 4.98 Å². The van der Waals surface area contributed by atoms with Crippen LogP contribution in [-0.4, -0.2) is 40.3 Å². The van der Waals surface area contributed by atoms with Crippen LogP contribution in [0.1, 0.15) is 33.4 Å². The van der Waals surface area contributed by atoms with Gasteiger partial charge in [-0.3, -0.25) is 4.90 Å². The van der Waals surface area contributed by atoms with Gasteiger partial charge in [0, 0.05) is 12.1 Å². The first-order valence-corrected chi connectivity index (χ1v) is 6.93. The smallest absolute Gasteiger partial charge is 0.410 e. The molecule has 0 radical (unpaired) electrons. The number of halogens is 1. The highest BCUT2D eigenvalue weighted by Gasteiger charge is 2.42. The largest absolute Gasteiger partial charge is 0.486 e. The summed E-state index contributed by atoms with van der Waals surface area (Å²) in [7, 11) is 0. The fraction of sp³-hybridized carbons (Fsp3) is 0.533. The molecule has 2 rings (SSSR count). The van der Waals surface area contributed by atoms with Gasteiger partial charge in [-0.15, -0.1) is 0 Å². The fourth-order valence-corrected chi connectivity index (χ4v) is 2.05. The Morgan fingerprint density at radius 1 is 1.50 bits per heavy atom. The molecule has 0 aromatic carbocycles. The number of nitriles is 1. The summed E-state index contributed by atoms with van der Waals surface area (Å²) in [5.74, 6) is -0.547. The van der Waals surface area contributed by atoms with Crippen molar-refractivity contribution in [1.82, 2.24) is 9.88 Å². The van der Waals surface area contributed by atoms with Crippen molar-refractivity contribution in [2.45, 2.75) is 45.4 Å². The van der Waals surface area contributed by atoms with E-state index in [-0.39, 0.29) is 23.6 Å². The van der Waals surface area contributed by atoms with Gasteiger partial charge in [0.05, 0.1) is 12.6 Å². The number of carbonyl (C=O) groups is 1. The average Bonchev–Trinajstić information content (AvgIpc) is 2.39. The third kappa shape index (κ3) is 3.64. The Kier molecular flexibility index (Phi) is 4.22. The third-order valence-electron chi connectivity index (χ3n) is 3.20. The zero-order valence-corrected chi connectivity index (χ0v) is 13.0. The molecule has 0 bridgehead atoms. The molecule has 0 spiro atoms. The van der Waals surface area contributed by atoms with Gasteiger partial charge in [-0.2, -0.15) is 9.65 Å². The zero-order chi connectivity index (χ0) is 16.5. The maximum Gasteiger partial charge on any atom is 0.410 e. The number of nitrogens with zero attached hydrogens (tertiary/aromatic N) is 3. The summed E-state index contributed by atoms with van der Waals surface area (Å²) < 4.78 is 24.1. The van der Waals surface area contributed by atoms with Crippen LogP contribution in [-0.2, 0) is 4.74 Å². The highest BCUT2D eigenvalue weighted by Crippen LogP contribution is 2.26. The van der Waals surface area contributed by atoms with Gasteiger partial charge in [-0.25, -0.2) is 9.78 Å². The molecule has 6 nitrogen and oxygen atoms in total. The number of carbonyl (C=O) groups excluding carboxylic acids is 1. The molecular formula is C15H18FN3O3. The van der Waals surface area contributed by atoms with E-state index in [1.165, 1.54) is 6.07 Å². The average molecular weight is 307 g/mol. The summed E-state index contributed by atoms with van der Waals surface area (Å²) in [4.78, 5) is 16.9. The fourth-order valence-electron chi connectivity index (χ4n) is 2.05. The van der Waals surface area contributed by atoms with Crippen molar-refractivity contribution in [2.75, 3.05) is 6.54 Å². The number of rotatable bonds is 2. The first kappa shape index (κ1) is 16.0. The number of ether oxygens (including phenoxy) is 2. The van der Waals surface area contributed by atoms with Crippen molar-refractivity contribution in [1.29, 1.82) is 5.26 Å². The van der Waals surface area contributed by atoms with Crippen molar-refractivity contribution in [3.05, 3.63) is 23.8 Å². The van der Waals surface area contributed by atoms with Crippen LogP contribution in [0, 0.1) is 17.3 Å². The standard InChI is InChI=1S/C15H18FN3O3/c1-9-12(8-19(9)14(20)22-15(2,3)4)21-11-5-10(7-17)18-13(16)6-11/h5-6,9,12H,8H2,1-4H3/t9-,12+/m1/s1.